The van der Waals surface area contributed by atoms with E-state index in [0.29, 0.717) is 0 Å². The van der Waals surface area contributed by atoms with E-state index in [2.05, 4.69) is 0 Å². The molecule has 0 saturated heterocycles. The Bertz CT molecular complexity index is 417. The maximum Gasteiger partial charge on any atom is 0.158 e. The largest absolute Gasteiger partial charge is 0.398 e. The van der Waals surface area contributed by atoms with Gasteiger partial charge in [0.15, 0.2) is 5.78 Å². The highest BCUT2D eigenvalue weighted by Gasteiger charge is 2.18. The number of hydrogen-bond acceptors (Lipinski definition) is 2. The van der Waals surface area contributed by atoms with E-state index < -0.39 is 0 Å². The van der Waals surface area contributed by atoms with Gasteiger partial charge >= 0.3 is 0 Å². The monoisotopic (exact) mass is 229 g/mol. The normalized spacial score (nSPS) is 17.4. The van der Waals surface area contributed by atoms with Gasteiger partial charge in [-0.1, -0.05) is 37.5 Å². The molecular weight excluding hydrogens is 210 g/mol. The molecule has 1 saturated carbocycles. The molecule has 2 heteroatoms. The predicted molar refractivity (Wildman–Crippen MR) is 71.5 cm³/mol. The molecule has 2 rings (SSSR count). The zero-order valence-corrected chi connectivity index (χ0v) is 10.1. The number of carbonyl (C=O) groups excluding carboxylic acids is 1. The maximum absolute atomic E-state index is 12.0. The molecule has 0 spiro atoms. The lowest BCUT2D eigenvalue weighted by molar-refractivity contribution is -0.119. The van der Waals surface area contributed by atoms with Crippen LogP contribution in [0, 0.1) is 5.92 Å². The lowest BCUT2D eigenvalue weighted by Gasteiger charge is -2.18. The Morgan fingerprint density at radius 1 is 1.18 bits per heavy atom. The summed E-state index contributed by atoms with van der Waals surface area (Å²) < 4.78 is 0. The van der Waals surface area contributed by atoms with E-state index in [0.717, 1.165) is 24.1 Å². The number of nitrogen functional groups attached to an aromatic ring is 1. The molecule has 0 bridgehead atoms. The van der Waals surface area contributed by atoms with Gasteiger partial charge in [0.2, 0.25) is 0 Å². The molecule has 2 N–H and O–H groups in total. The number of rotatable bonds is 3. The number of ketones is 1. The summed E-state index contributed by atoms with van der Waals surface area (Å²) in [7, 11) is 0. The molecule has 0 aliphatic heterocycles. The van der Waals surface area contributed by atoms with E-state index in [1.807, 2.05) is 30.3 Å². The van der Waals surface area contributed by atoms with Crippen LogP contribution in [0.5, 0.6) is 0 Å². The van der Waals surface area contributed by atoms with Gasteiger partial charge in [0.05, 0.1) is 0 Å². The first-order valence-electron chi connectivity index (χ1n) is 6.34. The fourth-order valence-corrected chi connectivity index (χ4v) is 2.36. The van der Waals surface area contributed by atoms with E-state index in [9.17, 15) is 4.79 Å². The molecule has 17 heavy (non-hydrogen) atoms. The molecule has 1 aliphatic rings. The number of para-hydroxylation sites is 1. The second kappa shape index (κ2) is 5.67. The van der Waals surface area contributed by atoms with Crippen LogP contribution in [0.4, 0.5) is 5.69 Å². The smallest absolute Gasteiger partial charge is 0.158 e. The fraction of sp³-hybridized carbons (Fsp3) is 0.400. The van der Waals surface area contributed by atoms with Crippen LogP contribution in [0.3, 0.4) is 0 Å². The second-order valence-corrected chi connectivity index (χ2v) is 4.70. The second-order valence-electron chi connectivity index (χ2n) is 4.70. The van der Waals surface area contributed by atoms with Gasteiger partial charge in [-0.05, 0) is 36.6 Å². The van der Waals surface area contributed by atoms with Crippen LogP contribution in [0.15, 0.2) is 30.3 Å². The van der Waals surface area contributed by atoms with Crippen LogP contribution >= 0.6 is 0 Å². The van der Waals surface area contributed by atoms with Crippen LogP contribution in [-0.4, -0.2) is 5.78 Å². The first-order valence-corrected chi connectivity index (χ1v) is 6.34. The minimum absolute atomic E-state index is 0.241. The predicted octanol–water partition coefficient (Wildman–Crippen LogP) is 3.43. The van der Waals surface area contributed by atoms with Crippen LogP contribution in [0.1, 0.15) is 37.7 Å². The van der Waals surface area contributed by atoms with Crippen molar-refractivity contribution < 1.29 is 4.79 Å². The zero-order valence-electron chi connectivity index (χ0n) is 10.1. The minimum atomic E-state index is 0.241. The summed E-state index contributed by atoms with van der Waals surface area (Å²) in [5.74, 6) is 0.498. The minimum Gasteiger partial charge on any atom is -0.398 e. The Hall–Kier alpha value is -1.57. The van der Waals surface area contributed by atoms with Crippen molar-refractivity contribution in [2.75, 3.05) is 5.73 Å². The number of benzene rings is 1. The molecule has 0 radical (unpaired) electrons. The van der Waals surface area contributed by atoms with Gasteiger partial charge in [0.25, 0.3) is 0 Å². The Morgan fingerprint density at radius 2 is 1.88 bits per heavy atom. The molecule has 90 valence electrons. The van der Waals surface area contributed by atoms with Crippen LogP contribution in [0.2, 0.25) is 0 Å². The maximum atomic E-state index is 12.0. The van der Waals surface area contributed by atoms with Crippen molar-refractivity contribution in [3.05, 3.63) is 35.9 Å². The number of carbonyl (C=O) groups is 1. The first-order chi connectivity index (χ1) is 8.27. The summed E-state index contributed by atoms with van der Waals surface area (Å²) in [4.78, 5) is 12.0. The summed E-state index contributed by atoms with van der Waals surface area (Å²) in [6, 6.07) is 7.61. The quantitative estimate of drug-likeness (QED) is 0.637. The lowest BCUT2D eigenvalue weighted by Crippen LogP contribution is -2.15. The van der Waals surface area contributed by atoms with Gasteiger partial charge in [0.1, 0.15) is 0 Å². The van der Waals surface area contributed by atoms with Crippen molar-refractivity contribution in [1.82, 2.24) is 0 Å². The molecule has 1 aromatic rings. The van der Waals surface area contributed by atoms with Gasteiger partial charge in [-0.15, -0.1) is 0 Å². The van der Waals surface area contributed by atoms with E-state index in [1.165, 1.54) is 19.3 Å². The molecule has 0 amide bonds. The fourth-order valence-electron chi connectivity index (χ4n) is 2.36. The first kappa shape index (κ1) is 11.9. The molecule has 1 fully saturated rings. The van der Waals surface area contributed by atoms with Crippen molar-refractivity contribution in [3.63, 3.8) is 0 Å². The van der Waals surface area contributed by atoms with E-state index in [1.54, 1.807) is 6.08 Å². The van der Waals surface area contributed by atoms with Crippen molar-refractivity contribution in [2.45, 2.75) is 32.1 Å². The van der Waals surface area contributed by atoms with E-state index >= 15 is 0 Å². The third kappa shape index (κ3) is 3.19. The summed E-state index contributed by atoms with van der Waals surface area (Å²) in [5, 5.41) is 0. The van der Waals surface area contributed by atoms with Crippen molar-refractivity contribution in [1.29, 1.82) is 0 Å². The summed E-state index contributed by atoms with van der Waals surface area (Å²) in [5.41, 5.74) is 7.47. The molecule has 0 unspecified atom stereocenters. The van der Waals surface area contributed by atoms with Gasteiger partial charge in [-0.3, -0.25) is 4.79 Å². The van der Waals surface area contributed by atoms with E-state index in [4.69, 9.17) is 5.73 Å². The number of allylic oxidation sites excluding steroid dienone is 1. The van der Waals surface area contributed by atoms with E-state index in [-0.39, 0.29) is 11.7 Å². The van der Waals surface area contributed by atoms with Crippen molar-refractivity contribution in [3.8, 4) is 0 Å². The van der Waals surface area contributed by atoms with Gasteiger partial charge in [0, 0.05) is 11.6 Å². The summed E-state index contributed by atoms with van der Waals surface area (Å²) in [6.07, 6.45) is 9.30. The third-order valence-corrected chi connectivity index (χ3v) is 3.43. The number of hydrogen-bond donors (Lipinski definition) is 1. The molecule has 2 nitrogen and oxygen atoms in total. The Balaban J connectivity index is 2.00. The van der Waals surface area contributed by atoms with Crippen LogP contribution < -0.4 is 5.73 Å². The Labute approximate surface area is 103 Å². The average Bonchev–Trinajstić information content (AvgIpc) is 2.38. The standard InChI is InChI=1S/C15H19NO/c16-14-9-5-4-6-12(14)10-11-15(17)13-7-2-1-3-8-13/h4-6,9-11,13H,1-3,7-8,16H2/b11-10+. The summed E-state index contributed by atoms with van der Waals surface area (Å²) >= 11 is 0. The van der Waals surface area contributed by atoms with Gasteiger partial charge < -0.3 is 5.73 Å². The van der Waals surface area contributed by atoms with Crippen LogP contribution in [0.25, 0.3) is 6.08 Å². The SMILES string of the molecule is Nc1ccccc1/C=C/C(=O)C1CCCCC1. The lowest BCUT2D eigenvalue weighted by atomic mass is 9.86. The van der Waals surface area contributed by atoms with Gasteiger partial charge in [-0.25, -0.2) is 0 Å². The third-order valence-electron chi connectivity index (χ3n) is 3.43. The topological polar surface area (TPSA) is 43.1 Å². The summed E-state index contributed by atoms with van der Waals surface area (Å²) in [6.45, 7) is 0. The molecular formula is C15H19NO. The molecule has 1 aliphatic carbocycles. The molecule has 1 aromatic carbocycles. The average molecular weight is 229 g/mol. The molecule has 0 aromatic heterocycles. The zero-order chi connectivity index (χ0) is 12.1. The molecule has 0 atom stereocenters. The Kier molecular flexibility index (Phi) is 3.97. The Morgan fingerprint density at radius 3 is 2.59 bits per heavy atom. The highest BCUT2D eigenvalue weighted by molar-refractivity contribution is 5.96. The van der Waals surface area contributed by atoms with Crippen molar-refractivity contribution >= 4 is 17.5 Å². The number of nitrogens with two attached hydrogens (primary N) is 1. The number of anilines is 1. The van der Waals surface area contributed by atoms with Crippen LogP contribution in [-0.2, 0) is 4.79 Å². The molecule has 0 heterocycles. The van der Waals surface area contributed by atoms with Gasteiger partial charge in [-0.2, -0.15) is 0 Å². The highest BCUT2D eigenvalue weighted by Crippen LogP contribution is 2.25. The highest BCUT2D eigenvalue weighted by atomic mass is 16.1. The van der Waals surface area contributed by atoms with Crippen molar-refractivity contribution in [2.24, 2.45) is 5.92 Å².